The lowest BCUT2D eigenvalue weighted by atomic mass is 10.1. The van der Waals surface area contributed by atoms with E-state index in [-0.39, 0.29) is 11.5 Å². The van der Waals surface area contributed by atoms with Crippen molar-refractivity contribution in [1.82, 2.24) is 4.98 Å². The van der Waals surface area contributed by atoms with Gasteiger partial charge in [0.05, 0.1) is 26.0 Å². The summed E-state index contributed by atoms with van der Waals surface area (Å²) >= 11 is 0. The third-order valence-electron chi connectivity index (χ3n) is 3.97. The lowest BCUT2D eigenvalue weighted by Crippen LogP contribution is -2.06. The molecule has 0 aliphatic heterocycles. The van der Waals surface area contributed by atoms with Crippen molar-refractivity contribution in [2.24, 2.45) is 0 Å². The minimum Gasteiger partial charge on any atom is -0.503 e. The number of hydrogen-bond donors (Lipinski definition) is 0. The molecule has 0 unspecified atom stereocenters. The summed E-state index contributed by atoms with van der Waals surface area (Å²) in [6, 6.07) is 20.5. The van der Waals surface area contributed by atoms with Crippen LogP contribution in [0.4, 0.5) is 0 Å². The van der Waals surface area contributed by atoms with Gasteiger partial charge >= 0.3 is 5.97 Å². The van der Waals surface area contributed by atoms with Crippen LogP contribution in [-0.4, -0.2) is 25.2 Å². The van der Waals surface area contributed by atoms with Crippen LogP contribution in [0.5, 0.6) is 17.4 Å². The molecule has 1 heterocycles. The molecule has 6 heteroatoms. The highest BCUT2D eigenvalue weighted by Crippen LogP contribution is 2.30. The number of methoxy groups -OCH3 is 2. The molecule has 0 fully saturated rings. The van der Waals surface area contributed by atoms with E-state index in [0.717, 1.165) is 5.56 Å². The van der Waals surface area contributed by atoms with Crippen molar-refractivity contribution in [3.63, 3.8) is 0 Å². The van der Waals surface area contributed by atoms with Crippen LogP contribution < -0.4 is 9.47 Å². The fraction of sp³-hybridized carbons (Fsp3) is 0.130. The molecule has 2 aromatic carbocycles. The van der Waals surface area contributed by atoms with Gasteiger partial charge in [0.2, 0.25) is 5.88 Å². The molecule has 0 spiro atoms. The zero-order valence-corrected chi connectivity index (χ0v) is 16.2. The maximum Gasteiger partial charge on any atom is 0.341 e. The van der Waals surface area contributed by atoms with Crippen molar-refractivity contribution in [3.8, 4) is 17.4 Å². The van der Waals surface area contributed by atoms with Crippen molar-refractivity contribution >= 4 is 11.5 Å². The molecule has 3 aromatic rings. The van der Waals surface area contributed by atoms with E-state index >= 15 is 0 Å². The average molecular weight is 391 g/mol. The van der Waals surface area contributed by atoms with Crippen LogP contribution in [-0.2, 0) is 20.9 Å². The molecule has 0 saturated carbocycles. The SMILES string of the molecule is CO/C=C(/C(=O)OC)c1cccnc1Oc1cccc(OCc2ccccc2)c1. The van der Waals surface area contributed by atoms with Gasteiger partial charge in [0, 0.05) is 12.3 Å². The number of aromatic nitrogens is 1. The second-order valence-electron chi connectivity index (χ2n) is 5.97. The maximum atomic E-state index is 12.1. The van der Waals surface area contributed by atoms with Crippen LogP contribution in [0, 0.1) is 0 Å². The first-order chi connectivity index (χ1) is 14.2. The fourth-order valence-electron chi connectivity index (χ4n) is 2.61. The molecule has 0 radical (unpaired) electrons. The van der Waals surface area contributed by atoms with Crippen molar-refractivity contribution in [1.29, 1.82) is 0 Å². The summed E-state index contributed by atoms with van der Waals surface area (Å²) in [6.45, 7) is 0.447. The fourth-order valence-corrected chi connectivity index (χ4v) is 2.61. The number of benzene rings is 2. The summed E-state index contributed by atoms with van der Waals surface area (Å²) < 4.78 is 21.6. The van der Waals surface area contributed by atoms with E-state index in [1.165, 1.54) is 20.5 Å². The average Bonchev–Trinajstić information content (AvgIpc) is 2.77. The molecule has 6 nitrogen and oxygen atoms in total. The summed E-state index contributed by atoms with van der Waals surface area (Å²) in [4.78, 5) is 16.4. The van der Waals surface area contributed by atoms with Gasteiger partial charge in [-0.25, -0.2) is 9.78 Å². The molecule has 0 amide bonds. The molecule has 29 heavy (non-hydrogen) atoms. The van der Waals surface area contributed by atoms with Gasteiger partial charge in [-0.3, -0.25) is 0 Å². The highest BCUT2D eigenvalue weighted by atomic mass is 16.5. The molecule has 0 aliphatic carbocycles. The lowest BCUT2D eigenvalue weighted by molar-refractivity contribution is -0.133. The van der Waals surface area contributed by atoms with Crippen molar-refractivity contribution < 1.29 is 23.7 Å². The zero-order chi connectivity index (χ0) is 20.5. The molecular formula is C23H21NO5. The minimum atomic E-state index is -0.551. The molecule has 0 atom stereocenters. The summed E-state index contributed by atoms with van der Waals surface area (Å²) in [5, 5.41) is 0. The van der Waals surface area contributed by atoms with Crippen molar-refractivity contribution in [3.05, 3.63) is 90.3 Å². The number of pyridine rings is 1. The molecule has 0 N–H and O–H groups in total. The Morgan fingerprint density at radius 3 is 2.52 bits per heavy atom. The van der Waals surface area contributed by atoms with Gasteiger partial charge in [-0.05, 0) is 29.8 Å². The summed E-state index contributed by atoms with van der Waals surface area (Å²) in [5.74, 6) is 0.882. The van der Waals surface area contributed by atoms with Gasteiger partial charge in [0.15, 0.2) is 0 Å². The Balaban J connectivity index is 1.80. The summed E-state index contributed by atoms with van der Waals surface area (Å²) in [5.41, 5.74) is 1.73. The van der Waals surface area contributed by atoms with Crippen LogP contribution in [0.3, 0.4) is 0 Å². The van der Waals surface area contributed by atoms with Crippen molar-refractivity contribution in [2.75, 3.05) is 14.2 Å². The molecule has 0 bridgehead atoms. The minimum absolute atomic E-state index is 0.203. The van der Waals surface area contributed by atoms with Gasteiger partial charge in [-0.1, -0.05) is 36.4 Å². The van der Waals surface area contributed by atoms with E-state index in [1.807, 2.05) is 42.5 Å². The van der Waals surface area contributed by atoms with Crippen LogP contribution in [0.15, 0.2) is 79.2 Å². The standard InChI is InChI=1S/C23H21NO5/c1-26-16-21(23(25)27-2)20-12-7-13-24-22(20)29-19-11-6-10-18(14-19)28-15-17-8-4-3-5-9-17/h3-14,16H,15H2,1-2H3/b21-16+. The Morgan fingerprint density at radius 1 is 0.966 bits per heavy atom. The van der Waals surface area contributed by atoms with E-state index in [2.05, 4.69) is 4.98 Å². The summed E-state index contributed by atoms with van der Waals surface area (Å²) in [7, 11) is 2.75. The third kappa shape index (κ3) is 5.35. The summed E-state index contributed by atoms with van der Waals surface area (Å²) in [6.07, 6.45) is 2.88. The van der Waals surface area contributed by atoms with Crippen molar-refractivity contribution in [2.45, 2.75) is 6.61 Å². The molecule has 1 aromatic heterocycles. The van der Waals surface area contributed by atoms with Gasteiger partial charge < -0.3 is 18.9 Å². The Kier molecular flexibility index (Phi) is 6.84. The predicted octanol–water partition coefficient (Wildman–Crippen LogP) is 4.61. The quantitative estimate of drug-likeness (QED) is 0.317. The Labute approximate surface area is 169 Å². The number of hydrogen-bond acceptors (Lipinski definition) is 6. The van der Waals surface area contributed by atoms with E-state index in [9.17, 15) is 4.79 Å². The maximum absolute atomic E-state index is 12.1. The van der Waals surface area contributed by atoms with Gasteiger partial charge in [0.25, 0.3) is 0 Å². The predicted molar refractivity (Wildman–Crippen MR) is 109 cm³/mol. The largest absolute Gasteiger partial charge is 0.503 e. The molecule has 148 valence electrons. The monoisotopic (exact) mass is 391 g/mol. The second kappa shape index (κ2) is 9.94. The van der Waals surface area contributed by atoms with E-state index < -0.39 is 5.97 Å². The second-order valence-corrected chi connectivity index (χ2v) is 5.97. The van der Waals surface area contributed by atoms with Gasteiger partial charge in [0.1, 0.15) is 23.7 Å². The highest BCUT2D eigenvalue weighted by molar-refractivity contribution is 6.16. The smallest absolute Gasteiger partial charge is 0.341 e. The van der Waals surface area contributed by atoms with Crippen LogP contribution in [0.25, 0.3) is 5.57 Å². The number of rotatable bonds is 8. The van der Waals surface area contributed by atoms with Gasteiger partial charge in [-0.15, -0.1) is 0 Å². The Morgan fingerprint density at radius 2 is 1.76 bits per heavy atom. The van der Waals surface area contributed by atoms with Crippen LogP contribution >= 0.6 is 0 Å². The number of ether oxygens (including phenoxy) is 4. The Hall–Kier alpha value is -3.80. The first-order valence-electron chi connectivity index (χ1n) is 8.92. The van der Waals surface area contributed by atoms with E-state index in [4.69, 9.17) is 18.9 Å². The van der Waals surface area contributed by atoms with Gasteiger partial charge in [-0.2, -0.15) is 0 Å². The number of carbonyl (C=O) groups is 1. The normalized spacial score (nSPS) is 10.9. The number of nitrogens with zero attached hydrogens (tertiary/aromatic N) is 1. The third-order valence-corrected chi connectivity index (χ3v) is 3.97. The van der Waals surface area contributed by atoms with E-state index in [0.29, 0.717) is 23.7 Å². The first-order valence-corrected chi connectivity index (χ1v) is 8.92. The Bertz CT molecular complexity index is 985. The molecular weight excluding hydrogens is 370 g/mol. The topological polar surface area (TPSA) is 66.9 Å². The van der Waals surface area contributed by atoms with E-state index in [1.54, 1.807) is 30.5 Å². The highest BCUT2D eigenvalue weighted by Gasteiger charge is 2.19. The lowest BCUT2D eigenvalue weighted by Gasteiger charge is -2.12. The van der Waals surface area contributed by atoms with Crippen LogP contribution in [0.1, 0.15) is 11.1 Å². The number of carbonyl (C=O) groups excluding carboxylic acids is 1. The molecule has 0 aliphatic rings. The molecule has 3 rings (SSSR count). The zero-order valence-electron chi connectivity index (χ0n) is 16.2. The number of esters is 1. The molecule has 0 saturated heterocycles. The van der Waals surface area contributed by atoms with Crippen LogP contribution in [0.2, 0.25) is 0 Å². The first kappa shape index (κ1) is 19.9.